The minimum atomic E-state index is -3.51. The van der Waals surface area contributed by atoms with Crippen LogP contribution in [0.5, 0.6) is 0 Å². The lowest BCUT2D eigenvalue weighted by atomic mass is 10.0. The topological polar surface area (TPSA) is 95.5 Å². The molecule has 0 bridgehead atoms. The second-order valence-electron chi connectivity index (χ2n) is 5.36. The van der Waals surface area contributed by atoms with Crippen LogP contribution in [0.3, 0.4) is 0 Å². The first-order valence-corrected chi connectivity index (χ1v) is 8.23. The number of carbonyl (C=O) groups is 1. The second kappa shape index (κ2) is 6.91. The Morgan fingerprint density at radius 1 is 1.10 bits per heavy atom. The van der Waals surface area contributed by atoms with E-state index in [2.05, 4.69) is 10.0 Å². The molecule has 1 rings (SSSR count). The van der Waals surface area contributed by atoms with Crippen molar-refractivity contribution in [2.24, 2.45) is 5.92 Å². The number of aliphatic carboxylic acids is 1. The zero-order valence-electron chi connectivity index (χ0n) is 12.6. The Balaban J connectivity index is 2.82. The predicted molar refractivity (Wildman–Crippen MR) is 81.8 cm³/mol. The van der Waals surface area contributed by atoms with Crippen molar-refractivity contribution in [1.29, 1.82) is 0 Å². The molecule has 21 heavy (non-hydrogen) atoms. The molecule has 1 aromatic rings. The summed E-state index contributed by atoms with van der Waals surface area (Å²) in [6.07, 6.45) is 0. The molecule has 0 fully saturated rings. The number of hydrogen-bond acceptors (Lipinski definition) is 4. The summed E-state index contributed by atoms with van der Waals surface area (Å²) in [4.78, 5) is 11.1. The maximum absolute atomic E-state index is 12.0. The largest absolute Gasteiger partial charge is 0.481 e. The maximum atomic E-state index is 12.0. The molecule has 0 radical (unpaired) electrons. The molecular weight excluding hydrogens is 292 g/mol. The van der Waals surface area contributed by atoms with E-state index in [9.17, 15) is 13.2 Å². The van der Waals surface area contributed by atoms with Crippen molar-refractivity contribution in [1.82, 2.24) is 4.72 Å². The van der Waals surface area contributed by atoms with E-state index in [0.29, 0.717) is 5.69 Å². The molecule has 3 N–H and O–H groups in total. The van der Waals surface area contributed by atoms with Crippen molar-refractivity contribution in [3.8, 4) is 0 Å². The van der Waals surface area contributed by atoms with Crippen molar-refractivity contribution < 1.29 is 18.3 Å². The Labute approximate surface area is 125 Å². The summed E-state index contributed by atoms with van der Waals surface area (Å²) in [6, 6.07) is 5.79. The molecular formula is C14H22N2O4S. The third-order valence-corrected chi connectivity index (χ3v) is 4.76. The number of rotatable bonds is 7. The van der Waals surface area contributed by atoms with Gasteiger partial charge < -0.3 is 10.4 Å². The van der Waals surface area contributed by atoms with E-state index >= 15 is 0 Å². The van der Waals surface area contributed by atoms with Crippen LogP contribution in [0.2, 0.25) is 0 Å². The monoisotopic (exact) mass is 314 g/mol. The van der Waals surface area contributed by atoms with Gasteiger partial charge in [0.15, 0.2) is 0 Å². The lowest BCUT2D eigenvalue weighted by molar-refractivity contribution is -0.141. The molecule has 118 valence electrons. The molecule has 0 amide bonds. The summed E-state index contributed by atoms with van der Waals surface area (Å²) in [7, 11) is -3.51. The number of benzene rings is 1. The molecule has 1 aromatic carbocycles. The van der Waals surface area contributed by atoms with Gasteiger partial charge in [-0.15, -0.1) is 0 Å². The smallest absolute Gasteiger partial charge is 0.308 e. The van der Waals surface area contributed by atoms with Gasteiger partial charge >= 0.3 is 5.97 Å². The SMILES string of the molecule is CC(C)NS(=O)(=O)c1ccc(NC(C)C(C)C(=O)O)cc1. The summed E-state index contributed by atoms with van der Waals surface area (Å²) in [5, 5.41) is 12.0. The lowest BCUT2D eigenvalue weighted by Crippen LogP contribution is -2.30. The number of carboxylic acid groups (broad SMARTS) is 1. The van der Waals surface area contributed by atoms with Gasteiger partial charge in [-0.3, -0.25) is 4.79 Å². The number of nitrogens with one attached hydrogen (secondary N) is 2. The number of carboxylic acids is 1. The lowest BCUT2D eigenvalue weighted by Gasteiger charge is -2.19. The zero-order chi connectivity index (χ0) is 16.2. The fraction of sp³-hybridized carbons (Fsp3) is 0.500. The van der Waals surface area contributed by atoms with Crippen LogP contribution >= 0.6 is 0 Å². The summed E-state index contributed by atoms with van der Waals surface area (Å²) in [5.74, 6) is -1.42. The summed E-state index contributed by atoms with van der Waals surface area (Å²) in [5.41, 5.74) is 0.680. The number of sulfonamides is 1. The van der Waals surface area contributed by atoms with Crippen LogP contribution in [-0.2, 0) is 14.8 Å². The first kappa shape index (κ1) is 17.5. The van der Waals surface area contributed by atoms with E-state index < -0.39 is 21.9 Å². The normalized spacial score (nSPS) is 14.7. The highest BCUT2D eigenvalue weighted by Crippen LogP contribution is 2.17. The Kier molecular flexibility index (Phi) is 5.74. The molecule has 0 aromatic heterocycles. The quantitative estimate of drug-likeness (QED) is 0.714. The Bertz CT molecular complexity index is 581. The standard InChI is InChI=1S/C14H22N2O4S/c1-9(2)16-21(19,20)13-7-5-12(6-8-13)15-11(4)10(3)14(17)18/h5-11,15-16H,1-4H3,(H,17,18). The fourth-order valence-electron chi connectivity index (χ4n) is 1.71. The molecule has 0 aliphatic rings. The van der Waals surface area contributed by atoms with Crippen molar-refractivity contribution in [2.75, 3.05) is 5.32 Å². The number of hydrogen-bond donors (Lipinski definition) is 3. The minimum Gasteiger partial charge on any atom is -0.481 e. The Hall–Kier alpha value is -1.60. The van der Waals surface area contributed by atoms with E-state index in [-0.39, 0.29) is 17.0 Å². The van der Waals surface area contributed by atoms with Crippen molar-refractivity contribution >= 4 is 21.7 Å². The molecule has 0 saturated carbocycles. The van der Waals surface area contributed by atoms with Crippen LogP contribution in [0.25, 0.3) is 0 Å². The van der Waals surface area contributed by atoms with Crippen molar-refractivity contribution in [3.05, 3.63) is 24.3 Å². The Morgan fingerprint density at radius 2 is 1.62 bits per heavy atom. The maximum Gasteiger partial charge on any atom is 0.308 e. The van der Waals surface area contributed by atoms with Gasteiger partial charge in [0.1, 0.15) is 0 Å². The van der Waals surface area contributed by atoms with Gasteiger partial charge in [0, 0.05) is 17.8 Å². The molecule has 2 unspecified atom stereocenters. The van der Waals surface area contributed by atoms with Gasteiger partial charge in [-0.2, -0.15) is 0 Å². The van der Waals surface area contributed by atoms with Crippen LogP contribution < -0.4 is 10.0 Å². The average molecular weight is 314 g/mol. The van der Waals surface area contributed by atoms with Gasteiger partial charge in [0.05, 0.1) is 10.8 Å². The first-order valence-electron chi connectivity index (χ1n) is 6.75. The molecule has 2 atom stereocenters. The van der Waals surface area contributed by atoms with E-state index in [1.807, 2.05) is 0 Å². The highest BCUT2D eigenvalue weighted by molar-refractivity contribution is 7.89. The molecule has 0 heterocycles. The molecule has 0 spiro atoms. The van der Waals surface area contributed by atoms with Crippen LogP contribution in [0.4, 0.5) is 5.69 Å². The molecule has 0 aliphatic heterocycles. The van der Waals surface area contributed by atoms with Crippen LogP contribution in [0.1, 0.15) is 27.7 Å². The van der Waals surface area contributed by atoms with E-state index in [1.165, 1.54) is 12.1 Å². The summed E-state index contributed by atoms with van der Waals surface area (Å²) >= 11 is 0. The van der Waals surface area contributed by atoms with Gasteiger partial charge in [0.25, 0.3) is 0 Å². The van der Waals surface area contributed by atoms with E-state index in [1.54, 1.807) is 39.8 Å². The highest BCUT2D eigenvalue weighted by Gasteiger charge is 2.19. The molecule has 0 aliphatic carbocycles. The highest BCUT2D eigenvalue weighted by atomic mass is 32.2. The Morgan fingerprint density at radius 3 is 2.05 bits per heavy atom. The minimum absolute atomic E-state index is 0.177. The third-order valence-electron chi connectivity index (χ3n) is 3.09. The predicted octanol–water partition coefficient (Wildman–Crippen LogP) is 1.89. The van der Waals surface area contributed by atoms with E-state index in [0.717, 1.165) is 0 Å². The van der Waals surface area contributed by atoms with E-state index in [4.69, 9.17) is 5.11 Å². The molecule has 0 saturated heterocycles. The summed E-state index contributed by atoms with van der Waals surface area (Å²) in [6.45, 7) is 6.89. The van der Waals surface area contributed by atoms with Crippen LogP contribution in [0, 0.1) is 5.92 Å². The summed E-state index contributed by atoms with van der Waals surface area (Å²) < 4.78 is 26.4. The second-order valence-corrected chi connectivity index (χ2v) is 7.07. The average Bonchev–Trinajstić information content (AvgIpc) is 2.36. The van der Waals surface area contributed by atoms with Crippen LogP contribution in [-0.4, -0.2) is 31.6 Å². The van der Waals surface area contributed by atoms with Gasteiger partial charge in [-0.05, 0) is 52.0 Å². The van der Waals surface area contributed by atoms with Crippen molar-refractivity contribution in [3.63, 3.8) is 0 Å². The fourth-order valence-corrected chi connectivity index (χ4v) is 2.96. The van der Waals surface area contributed by atoms with Crippen LogP contribution in [0.15, 0.2) is 29.2 Å². The first-order chi connectivity index (χ1) is 9.63. The molecule has 6 nitrogen and oxygen atoms in total. The van der Waals surface area contributed by atoms with Gasteiger partial charge in [-0.1, -0.05) is 0 Å². The zero-order valence-corrected chi connectivity index (χ0v) is 13.4. The van der Waals surface area contributed by atoms with Gasteiger partial charge in [-0.25, -0.2) is 13.1 Å². The van der Waals surface area contributed by atoms with Gasteiger partial charge in [0.2, 0.25) is 10.0 Å². The third kappa shape index (κ3) is 5.02. The number of anilines is 1. The molecule has 7 heteroatoms. The van der Waals surface area contributed by atoms with Crippen molar-refractivity contribution in [2.45, 2.75) is 44.7 Å².